The monoisotopic (exact) mass is 538 g/mol. The second-order valence-corrected chi connectivity index (χ2v) is 12.5. The van der Waals surface area contributed by atoms with Crippen LogP contribution in [-0.2, 0) is 10.7 Å². The van der Waals surface area contributed by atoms with E-state index in [9.17, 15) is 18.7 Å². The van der Waals surface area contributed by atoms with Crippen molar-refractivity contribution >= 4 is 5.97 Å². The van der Waals surface area contributed by atoms with Gasteiger partial charge in [0.15, 0.2) is 0 Å². The molecule has 0 spiro atoms. The van der Waals surface area contributed by atoms with Gasteiger partial charge in [-0.25, -0.2) is 8.78 Å². The Morgan fingerprint density at radius 2 is 1.74 bits per heavy atom. The first-order chi connectivity index (χ1) is 18.8. The summed E-state index contributed by atoms with van der Waals surface area (Å²) in [4.78, 5) is 17.1. The molecule has 1 aliphatic carbocycles. The highest BCUT2D eigenvalue weighted by molar-refractivity contribution is 5.73. The number of hydrogen-bond donors (Lipinski definition) is 1. The number of carboxylic acids is 1. The highest BCUT2D eigenvalue weighted by Crippen LogP contribution is 2.39. The fourth-order valence-corrected chi connectivity index (χ4v) is 7.07. The third kappa shape index (κ3) is 7.07. The van der Waals surface area contributed by atoms with Crippen molar-refractivity contribution in [2.24, 2.45) is 17.8 Å². The second-order valence-electron chi connectivity index (χ2n) is 12.5. The highest BCUT2D eigenvalue weighted by Gasteiger charge is 2.41. The minimum Gasteiger partial charge on any atom is -0.480 e. The van der Waals surface area contributed by atoms with Gasteiger partial charge in [-0.2, -0.15) is 0 Å². The van der Waals surface area contributed by atoms with E-state index < -0.39 is 17.9 Å². The van der Waals surface area contributed by atoms with E-state index >= 15 is 0 Å². The van der Waals surface area contributed by atoms with Gasteiger partial charge in [0.2, 0.25) is 0 Å². The molecule has 39 heavy (non-hydrogen) atoms. The van der Waals surface area contributed by atoms with Crippen molar-refractivity contribution in [3.63, 3.8) is 0 Å². The van der Waals surface area contributed by atoms with Crippen LogP contribution < -0.4 is 0 Å². The molecule has 3 atom stereocenters. The molecule has 6 heteroatoms. The quantitative estimate of drug-likeness (QED) is 0.337. The molecule has 4 nitrogen and oxygen atoms in total. The van der Waals surface area contributed by atoms with Crippen molar-refractivity contribution in [1.82, 2.24) is 9.80 Å². The molecule has 2 aromatic rings. The maximum Gasteiger partial charge on any atom is 0.320 e. The van der Waals surface area contributed by atoms with E-state index in [1.54, 1.807) is 18.2 Å². The molecule has 2 aromatic carbocycles. The third-order valence-corrected chi connectivity index (χ3v) is 9.71. The van der Waals surface area contributed by atoms with E-state index in [1.165, 1.54) is 29.7 Å². The first kappa shape index (κ1) is 28.2. The molecule has 0 amide bonds. The van der Waals surface area contributed by atoms with E-state index in [-0.39, 0.29) is 12.0 Å². The van der Waals surface area contributed by atoms with Gasteiger partial charge in [-0.1, -0.05) is 79.4 Å². The van der Waals surface area contributed by atoms with Crippen LogP contribution in [0.5, 0.6) is 0 Å². The minimum absolute atomic E-state index is 0.0910. The van der Waals surface area contributed by atoms with Crippen LogP contribution in [0.3, 0.4) is 0 Å². The van der Waals surface area contributed by atoms with Gasteiger partial charge in [-0.3, -0.25) is 9.69 Å². The Hall–Kier alpha value is -2.31. The zero-order valence-electron chi connectivity index (χ0n) is 23.3. The van der Waals surface area contributed by atoms with Gasteiger partial charge in [0.05, 0.1) is 0 Å². The summed E-state index contributed by atoms with van der Waals surface area (Å²) in [7, 11) is 0. The smallest absolute Gasteiger partial charge is 0.320 e. The van der Waals surface area contributed by atoms with E-state index in [2.05, 4.69) is 41.0 Å². The maximum atomic E-state index is 14.7. The third-order valence-electron chi connectivity index (χ3n) is 9.71. The lowest BCUT2D eigenvalue weighted by Crippen LogP contribution is -2.43. The van der Waals surface area contributed by atoms with Crippen molar-refractivity contribution in [1.29, 1.82) is 0 Å². The number of carboxylic acid groups (broad SMARTS) is 1. The number of nitrogens with zero attached hydrogens (tertiary/aromatic N) is 2. The summed E-state index contributed by atoms with van der Waals surface area (Å²) < 4.78 is 29.4. The average Bonchev–Trinajstić information content (AvgIpc) is 3.31. The fraction of sp³-hybridized carbons (Fsp3) is 0.606. The van der Waals surface area contributed by atoms with Crippen LogP contribution in [0.25, 0.3) is 0 Å². The number of hydrogen-bond acceptors (Lipinski definition) is 3. The molecule has 2 saturated heterocycles. The van der Waals surface area contributed by atoms with Crippen molar-refractivity contribution in [3.05, 3.63) is 71.3 Å². The normalized spacial score (nSPS) is 24.5. The highest BCUT2D eigenvalue weighted by atomic mass is 19.3. The van der Waals surface area contributed by atoms with Gasteiger partial charge < -0.3 is 10.0 Å². The van der Waals surface area contributed by atoms with Gasteiger partial charge in [-0.15, -0.1) is 0 Å². The Bertz CT molecular complexity index is 1080. The summed E-state index contributed by atoms with van der Waals surface area (Å²) in [6.07, 6.45) is 6.69. The van der Waals surface area contributed by atoms with Crippen LogP contribution in [0.1, 0.15) is 74.0 Å². The molecular weight excluding hydrogens is 494 g/mol. The number of likely N-dealkylation sites (tertiary alicyclic amines) is 2. The van der Waals surface area contributed by atoms with Gasteiger partial charge >= 0.3 is 5.97 Å². The molecule has 5 rings (SSSR count). The molecule has 1 N–H and O–H groups in total. The Morgan fingerprint density at radius 1 is 1.00 bits per heavy atom. The number of halogens is 2. The summed E-state index contributed by atoms with van der Waals surface area (Å²) in [5, 5.41) is 10.1. The van der Waals surface area contributed by atoms with Crippen molar-refractivity contribution < 1.29 is 18.7 Å². The van der Waals surface area contributed by atoms with Crippen molar-refractivity contribution in [2.45, 2.75) is 76.2 Å². The molecule has 1 saturated carbocycles. The molecule has 2 heterocycles. The molecule has 0 bridgehead atoms. The number of carbonyl (C=O) groups is 1. The lowest BCUT2D eigenvalue weighted by atomic mass is 9.80. The summed E-state index contributed by atoms with van der Waals surface area (Å²) in [5.41, 5.74) is 2.67. The largest absolute Gasteiger partial charge is 0.480 e. The molecule has 3 aliphatic rings. The van der Waals surface area contributed by atoms with Crippen LogP contribution in [-0.4, -0.2) is 59.6 Å². The predicted octanol–water partition coefficient (Wildman–Crippen LogP) is 6.94. The number of aryl methyl sites for hydroxylation is 1. The summed E-state index contributed by atoms with van der Waals surface area (Å²) >= 11 is 0. The molecule has 0 aromatic heterocycles. The SMILES string of the molecule is Cc1cccc(C2CN(C(CC3CCC3)C(=O)O)CC2CN2CCC(CCC(F)(F)c3ccccc3)CC2)c1. The molecule has 0 radical (unpaired) electrons. The van der Waals surface area contributed by atoms with Gasteiger partial charge in [-0.05, 0) is 69.0 Å². The predicted molar refractivity (Wildman–Crippen MR) is 151 cm³/mol. The average molecular weight is 539 g/mol. The van der Waals surface area contributed by atoms with Crippen LogP contribution in [0.15, 0.2) is 54.6 Å². The first-order valence-electron chi connectivity index (χ1n) is 15.0. The van der Waals surface area contributed by atoms with Crippen LogP contribution in [0.4, 0.5) is 8.78 Å². The van der Waals surface area contributed by atoms with E-state index in [1.807, 2.05) is 0 Å². The number of alkyl halides is 2. The Morgan fingerprint density at radius 3 is 2.38 bits per heavy atom. The summed E-state index contributed by atoms with van der Waals surface area (Å²) in [6.45, 7) is 6.53. The van der Waals surface area contributed by atoms with Gasteiger partial charge in [0.25, 0.3) is 5.92 Å². The van der Waals surface area contributed by atoms with Crippen LogP contribution in [0, 0.1) is 24.7 Å². The summed E-state index contributed by atoms with van der Waals surface area (Å²) in [5.74, 6) is -1.88. The van der Waals surface area contributed by atoms with E-state index in [0.717, 1.165) is 64.8 Å². The lowest BCUT2D eigenvalue weighted by molar-refractivity contribution is -0.144. The molecule has 212 valence electrons. The molecule has 2 aliphatic heterocycles. The molecule has 3 unspecified atom stereocenters. The van der Waals surface area contributed by atoms with Crippen LogP contribution in [0.2, 0.25) is 0 Å². The van der Waals surface area contributed by atoms with Crippen LogP contribution >= 0.6 is 0 Å². The number of rotatable bonds is 11. The lowest BCUT2D eigenvalue weighted by Gasteiger charge is -2.35. The zero-order valence-corrected chi connectivity index (χ0v) is 23.3. The zero-order chi connectivity index (χ0) is 27.4. The molecule has 3 fully saturated rings. The van der Waals surface area contributed by atoms with Crippen molar-refractivity contribution in [2.75, 3.05) is 32.7 Å². The minimum atomic E-state index is -2.77. The first-order valence-corrected chi connectivity index (χ1v) is 15.0. The Kier molecular flexibility index (Phi) is 9.02. The van der Waals surface area contributed by atoms with Gasteiger partial charge in [0.1, 0.15) is 6.04 Å². The van der Waals surface area contributed by atoms with Gasteiger partial charge in [0, 0.05) is 37.5 Å². The number of piperidine rings is 1. The topological polar surface area (TPSA) is 43.8 Å². The number of aliphatic carboxylic acids is 1. The fourth-order valence-electron chi connectivity index (χ4n) is 7.07. The molecular formula is C33H44F2N2O2. The number of benzene rings is 2. The summed E-state index contributed by atoms with van der Waals surface area (Å²) in [6, 6.07) is 16.5. The maximum absolute atomic E-state index is 14.7. The Labute approximate surface area is 232 Å². The van der Waals surface area contributed by atoms with E-state index in [4.69, 9.17) is 0 Å². The second kappa shape index (κ2) is 12.5. The van der Waals surface area contributed by atoms with Crippen molar-refractivity contribution in [3.8, 4) is 0 Å². The Balaban J connectivity index is 1.19. The van der Waals surface area contributed by atoms with E-state index in [0.29, 0.717) is 30.1 Å². The standard InChI is InChI=1S/C33H44F2N2O2/c1-24-7-5-10-27(19-24)30-23-37(31(32(38)39)20-26-8-6-9-26)22-28(30)21-36-17-14-25(15-18-36)13-16-33(34,35)29-11-3-2-4-12-29/h2-5,7,10-12,19,25-26,28,30-31H,6,8-9,13-18,20-23H2,1H3,(H,38,39).